The maximum atomic E-state index is 14.1. The zero-order chi connectivity index (χ0) is 15.8. The summed E-state index contributed by atoms with van der Waals surface area (Å²) in [4.78, 5) is 4.70. The van der Waals surface area contributed by atoms with Gasteiger partial charge in [-0.05, 0) is 56.8 Å². The van der Waals surface area contributed by atoms with Crippen LogP contribution in [0.1, 0.15) is 30.5 Å². The van der Waals surface area contributed by atoms with Crippen LogP contribution in [0.2, 0.25) is 0 Å². The molecule has 2 heterocycles. The molecule has 2 N–H and O–H groups in total. The molecule has 1 fully saturated rings. The Labute approximate surface area is 135 Å². The van der Waals surface area contributed by atoms with Crippen LogP contribution < -0.4 is 15.4 Å². The quantitative estimate of drug-likeness (QED) is 0.914. The number of methoxy groups -OCH3 is 1. The van der Waals surface area contributed by atoms with E-state index in [0.29, 0.717) is 6.04 Å². The minimum atomic E-state index is -0.349. The van der Waals surface area contributed by atoms with Crippen molar-refractivity contribution in [3.05, 3.63) is 29.2 Å². The zero-order valence-corrected chi connectivity index (χ0v) is 13.4. The van der Waals surface area contributed by atoms with Crippen LogP contribution in [0.15, 0.2) is 12.1 Å². The Balaban J connectivity index is 1.84. The van der Waals surface area contributed by atoms with Gasteiger partial charge in [-0.1, -0.05) is 0 Å². The van der Waals surface area contributed by atoms with E-state index in [0.717, 1.165) is 67.5 Å². The van der Waals surface area contributed by atoms with Gasteiger partial charge in [-0.3, -0.25) is 4.98 Å². The predicted molar refractivity (Wildman–Crippen MR) is 89.8 cm³/mol. The third-order valence-electron chi connectivity index (χ3n) is 4.97. The molecule has 4 nitrogen and oxygen atoms in total. The molecule has 5 heteroatoms. The standard InChI is InChI=1S/C18H22FN3O/c1-23-17-9-13-16(10-14(17)19)22-15-4-2-3-12(15)18(13)21-11-5-7-20-8-6-11/h9-11,20H,2-8H2,1H3,(H,21,22). The third-order valence-corrected chi connectivity index (χ3v) is 4.97. The number of pyridine rings is 1. The lowest BCUT2D eigenvalue weighted by molar-refractivity contribution is 0.387. The van der Waals surface area contributed by atoms with Crippen molar-refractivity contribution in [2.24, 2.45) is 0 Å². The molecule has 1 aliphatic carbocycles. The van der Waals surface area contributed by atoms with Crippen LogP contribution in [-0.2, 0) is 12.8 Å². The normalized spacial score (nSPS) is 18.2. The first-order chi connectivity index (χ1) is 11.3. The molecule has 1 saturated heterocycles. The summed E-state index contributed by atoms with van der Waals surface area (Å²) in [5.41, 5.74) is 4.30. The summed E-state index contributed by atoms with van der Waals surface area (Å²) in [5, 5.41) is 8.11. The minimum Gasteiger partial charge on any atom is -0.494 e. The van der Waals surface area contributed by atoms with Crippen LogP contribution in [0.25, 0.3) is 10.9 Å². The van der Waals surface area contributed by atoms with Gasteiger partial charge < -0.3 is 15.4 Å². The molecule has 0 unspecified atom stereocenters. The van der Waals surface area contributed by atoms with E-state index in [4.69, 9.17) is 9.72 Å². The number of aromatic nitrogens is 1. The molecule has 0 atom stereocenters. The van der Waals surface area contributed by atoms with Gasteiger partial charge in [-0.2, -0.15) is 0 Å². The fourth-order valence-electron chi connectivity index (χ4n) is 3.76. The first-order valence-corrected chi connectivity index (χ1v) is 8.42. The number of ether oxygens (including phenoxy) is 1. The highest BCUT2D eigenvalue weighted by Gasteiger charge is 2.23. The van der Waals surface area contributed by atoms with E-state index in [1.54, 1.807) is 6.07 Å². The van der Waals surface area contributed by atoms with E-state index in [1.807, 2.05) is 0 Å². The summed E-state index contributed by atoms with van der Waals surface area (Å²) in [6, 6.07) is 3.75. The Bertz CT molecular complexity index is 741. The molecule has 1 aromatic heterocycles. The molecule has 1 aromatic carbocycles. The maximum absolute atomic E-state index is 14.1. The molecule has 122 valence electrons. The van der Waals surface area contributed by atoms with E-state index in [2.05, 4.69) is 10.6 Å². The molecule has 23 heavy (non-hydrogen) atoms. The minimum absolute atomic E-state index is 0.283. The molecule has 0 bridgehead atoms. The Morgan fingerprint density at radius 3 is 2.87 bits per heavy atom. The summed E-state index contributed by atoms with van der Waals surface area (Å²) in [7, 11) is 1.50. The Morgan fingerprint density at radius 2 is 2.09 bits per heavy atom. The van der Waals surface area contributed by atoms with Crippen molar-refractivity contribution in [1.82, 2.24) is 10.3 Å². The average molecular weight is 315 g/mol. The van der Waals surface area contributed by atoms with Crippen LogP contribution in [0.3, 0.4) is 0 Å². The Morgan fingerprint density at radius 1 is 1.26 bits per heavy atom. The van der Waals surface area contributed by atoms with Crippen molar-refractivity contribution in [2.75, 3.05) is 25.5 Å². The SMILES string of the molecule is COc1cc2c(NC3CCNCC3)c3c(nc2cc1F)CCC3. The van der Waals surface area contributed by atoms with Gasteiger partial charge in [0.2, 0.25) is 0 Å². The fourth-order valence-corrected chi connectivity index (χ4v) is 3.76. The molecule has 1 aliphatic heterocycles. The number of aryl methyl sites for hydroxylation is 1. The van der Waals surface area contributed by atoms with Gasteiger partial charge in [-0.15, -0.1) is 0 Å². The summed E-state index contributed by atoms with van der Waals surface area (Å²) >= 11 is 0. The Hall–Kier alpha value is -1.88. The topological polar surface area (TPSA) is 46.2 Å². The lowest BCUT2D eigenvalue weighted by Crippen LogP contribution is -2.35. The van der Waals surface area contributed by atoms with Crippen molar-refractivity contribution in [3.8, 4) is 5.75 Å². The number of halogens is 1. The lowest BCUT2D eigenvalue weighted by Gasteiger charge is -2.26. The zero-order valence-electron chi connectivity index (χ0n) is 13.4. The highest BCUT2D eigenvalue weighted by atomic mass is 19.1. The van der Waals surface area contributed by atoms with E-state index in [1.165, 1.54) is 18.7 Å². The molecule has 0 amide bonds. The summed E-state index contributed by atoms with van der Waals surface area (Å²) in [6.07, 6.45) is 5.37. The fraction of sp³-hybridized carbons (Fsp3) is 0.500. The number of rotatable bonds is 3. The highest BCUT2D eigenvalue weighted by Crippen LogP contribution is 2.37. The molecule has 2 aliphatic rings. The van der Waals surface area contributed by atoms with Crippen molar-refractivity contribution < 1.29 is 9.13 Å². The van der Waals surface area contributed by atoms with Gasteiger partial charge in [-0.25, -0.2) is 4.39 Å². The van der Waals surface area contributed by atoms with Crippen LogP contribution in [0.5, 0.6) is 5.75 Å². The number of nitrogens with zero attached hydrogens (tertiary/aromatic N) is 1. The van der Waals surface area contributed by atoms with Gasteiger partial charge >= 0.3 is 0 Å². The first kappa shape index (κ1) is 14.7. The molecule has 2 aromatic rings. The molecular formula is C18H22FN3O. The third kappa shape index (κ3) is 2.63. The molecule has 0 spiro atoms. The highest BCUT2D eigenvalue weighted by molar-refractivity contribution is 5.95. The molecule has 0 radical (unpaired) electrons. The van der Waals surface area contributed by atoms with Crippen molar-refractivity contribution in [1.29, 1.82) is 0 Å². The van der Waals surface area contributed by atoms with Gasteiger partial charge in [0, 0.05) is 28.9 Å². The van der Waals surface area contributed by atoms with Crippen molar-refractivity contribution in [2.45, 2.75) is 38.1 Å². The second kappa shape index (κ2) is 5.96. The summed E-state index contributed by atoms with van der Waals surface area (Å²) < 4.78 is 19.2. The molecule has 0 saturated carbocycles. The number of anilines is 1. The maximum Gasteiger partial charge on any atom is 0.167 e. The second-order valence-electron chi connectivity index (χ2n) is 6.44. The van der Waals surface area contributed by atoms with Crippen LogP contribution in [-0.4, -0.2) is 31.2 Å². The summed E-state index contributed by atoms with van der Waals surface area (Å²) in [6.45, 7) is 2.08. The van der Waals surface area contributed by atoms with Crippen LogP contribution in [0.4, 0.5) is 10.1 Å². The monoisotopic (exact) mass is 315 g/mol. The van der Waals surface area contributed by atoms with E-state index < -0.39 is 0 Å². The van der Waals surface area contributed by atoms with Crippen LogP contribution in [0, 0.1) is 5.82 Å². The number of piperidine rings is 1. The first-order valence-electron chi connectivity index (χ1n) is 8.42. The number of fused-ring (bicyclic) bond motifs is 2. The number of hydrogen-bond acceptors (Lipinski definition) is 4. The summed E-state index contributed by atoms with van der Waals surface area (Å²) in [5.74, 6) is -0.0659. The number of benzene rings is 1. The number of nitrogens with one attached hydrogen (secondary N) is 2. The average Bonchev–Trinajstić information content (AvgIpc) is 3.03. The van der Waals surface area contributed by atoms with Gasteiger partial charge in [0.1, 0.15) is 0 Å². The molecule has 4 rings (SSSR count). The second-order valence-corrected chi connectivity index (χ2v) is 6.44. The van der Waals surface area contributed by atoms with Gasteiger partial charge in [0.25, 0.3) is 0 Å². The lowest BCUT2D eigenvalue weighted by atomic mass is 10.0. The van der Waals surface area contributed by atoms with Crippen LogP contribution >= 0.6 is 0 Å². The van der Waals surface area contributed by atoms with Crippen molar-refractivity contribution in [3.63, 3.8) is 0 Å². The largest absolute Gasteiger partial charge is 0.494 e. The predicted octanol–water partition coefficient (Wildman–Crippen LogP) is 3.04. The molecular weight excluding hydrogens is 293 g/mol. The van der Waals surface area contributed by atoms with E-state index in [-0.39, 0.29) is 11.6 Å². The Kier molecular flexibility index (Phi) is 3.81. The van der Waals surface area contributed by atoms with Crippen molar-refractivity contribution >= 4 is 16.6 Å². The van der Waals surface area contributed by atoms with E-state index >= 15 is 0 Å². The van der Waals surface area contributed by atoms with Gasteiger partial charge in [0.15, 0.2) is 11.6 Å². The smallest absolute Gasteiger partial charge is 0.167 e. The number of hydrogen-bond donors (Lipinski definition) is 2. The van der Waals surface area contributed by atoms with Gasteiger partial charge in [0.05, 0.1) is 12.6 Å². The van der Waals surface area contributed by atoms with E-state index in [9.17, 15) is 4.39 Å².